The molecule has 1 amide bonds. The van der Waals surface area contributed by atoms with Crippen molar-refractivity contribution in [3.8, 4) is 0 Å². The van der Waals surface area contributed by atoms with Gasteiger partial charge in [-0.2, -0.15) is 0 Å². The Morgan fingerprint density at radius 1 is 0.870 bits per heavy atom. The Kier molecular flexibility index (Phi) is 6.35. The molecule has 0 radical (unpaired) electrons. The van der Waals surface area contributed by atoms with E-state index in [0.717, 1.165) is 44.8 Å². The Morgan fingerprint density at radius 3 is 2.48 bits per heavy atom. The third-order valence-electron chi connectivity index (χ3n) is 6.42. The second kappa shape index (κ2) is 8.48. The van der Waals surface area contributed by atoms with E-state index in [-0.39, 0.29) is 5.92 Å². The van der Waals surface area contributed by atoms with E-state index >= 15 is 0 Å². The van der Waals surface area contributed by atoms with Crippen LogP contribution in [0.15, 0.2) is 0 Å². The first-order valence-corrected chi connectivity index (χ1v) is 9.99. The fourth-order valence-corrected chi connectivity index (χ4v) is 4.99. The van der Waals surface area contributed by atoms with Crippen LogP contribution in [0.5, 0.6) is 0 Å². The third-order valence-corrected chi connectivity index (χ3v) is 6.42. The van der Waals surface area contributed by atoms with Gasteiger partial charge >= 0.3 is 0 Å². The number of carbonyl (C=O) groups excluding carboxylic acids is 1. The van der Waals surface area contributed by atoms with Gasteiger partial charge in [0.25, 0.3) is 0 Å². The van der Waals surface area contributed by atoms with Crippen molar-refractivity contribution in [2.45, 2.75) is 57.8 Å². The zero-order chi connectivity index (χ0) is 16.1. The molecule has 0 aromatic carbocycles. The largest absolute Gasteiger partial charge is 0.341 e. The van der Waals surface area contributed by atoms with Crippen LogP contribution in [0.1, 0.15) is 57.8 Å². The molecule has 4 nitrogen and oxygen atoms in total. The normalized spacial score (nSPS) is 31.3. The summed E-state index contributed by atoms with van der Waals surface area (Å²) >= 11 is 0. The smallest absolute Gasteiger partial charge is 0.226 e. The zero-order valence-corrected chi connectivity index (χ0v) is 14.7. The molecule has 0 aromatic rings. The zero-order valence-electron chi connectivity index (χ0n) is 14.7. The van der Waals surface area contributed by atoms with Gasteiger partial charge in [-0.05, 0) is 57.0 Å². The molecule has 3 aliphatic rings. The summed E-state index contributed by atoms with van der Waals surface area (Å²) in [5.41, 5.74) is 5.87. The maximum absolute atomic E-state index is 12.9. The quantitative estimate of drug-likeness (QED) is 0.865. The van der Waals surface area contributed by atoms with Gasteiger partial charge in [0.1, 0.15) is 0 Å². The molecule has 1 aliphatic heterocycles. The van der Waals surface area contributed by atoms with Crippen LogP contribution in [0.4, 0.5) is 0 Å². The molecule has 2 N–H and O–H groups in total. The highest BCUT2D eigenvalue weighted by molar-refractivity contribution is 5.79. The topological polar surface area (TPSA) is 49.6 Å². The lowest BCUT2D eigenvalue weighted by Crippen LogP contribution is -2.41. The minimum absolute atomic E-state index is 0.213. The number of amides is 1. The van der Waals surface area contributed by atoms with Crippen LogP contribution in [0.2, 0.25) is 0 Å². The second-order valence-corrected chi connectivity index (χ2v) is 8.02. The number of nitrogens with two attached hydrogens (primary N) is 1. The van der Waals surface area contributed by atoms with Gasteiger partial charge in [-0.3, -0.25) is 4.79 Å². The molecule has 0 spiro atoms. The summed E-state index contributed by atoms with van der Waals surface area (Å²) in [6.07, 6.45) is 11.6. The van der Waals surface area contributed by atoms with Crippen LogP contribution >= 0.6 is 0 Å². The molecule has 1 saturated heterocycles. The molecule has 23 heavy (non-hydrogen) atoms. The molecule has 2 atom stereocenters. The first-order valence-electron chi connectivity index (χ1n) is 9.99. The van der Waals surface area contributed by atoms with Crippen LogP contribution in [-0.4, -0.2) is 55.0 Å². The highest BCUT2D eigenvalue weighted by atomic mass is 16.2. The Bertz CT molecular complexity index is 381. The summed E-state index contributed by atoms with van der Waals surface area (Å²) in [4.78, 5) is 17.6. The van der Waals surface area contributed by atoms with Gasteiger partial charge in [0.2, 0.25) is 5.91 Å². The molecule has 4 heteroatoms. The molecular weight excluding hydrogens is 286 g/mol. The van der Waals surface area contributed by atoms with Gasteiger partial charge in [0.15, 0.2) is 0 Å². The number of carbonyl (C=O) groups is 1. The van der Waals surface area contributed by atoms with E-state index in [1.165, 1.54) is 51.6 Å². The molecule has 3 fully saturated rings. The predicted molar refractivity (Wildman–Crippen MR) is 94.1 cm³/mol. The van der Waals surface area contributed by atoms with Gasteiger partial charge in [0, 0.05) is 32.1 Å². The number of hydrogen-bond donors (Lipinski definition) is 1. The molecule has 2 saturated carbocycles. The van der Waals surface area contributed by atoms with Crippen molar-refractivity contribution < 1.29 is 4.79 Å². The van der Waals surface area contributed by atoms with Crippen molar-refractivity contribution in [1.29, 1.82) is 0 Å². The van der Waals surface area contributed by atoms with Crippen LogP contribution in [0, 0.1) is 17.8 Å². The minimum Gasteiger partial charge on any atom is -0.341 e. The van der Waals surface area contributed by atoms with E-state index in [9.17, 15) is 4.79 Å². The van der Waals surface area contributed by atoms with Crippen molar-refractivity contribution in [1.82, 2.24) is 9.80 Å². The maximum Gasteiger partial charge on any atom is 0.226 e. The Morgan fingerprint density at radius 2 is 1.70 bits per heavy atom. The van der Waals surface area contributed by atoms with E-state index in [1.54, 1.807) is 0 Å². The fraction of sp³-hybridized carbons (Fsp3) is 0.947. The summed E-state index contributed by atoms with van der Waals surface area (Å²) in [5.74, 6) is 1.95. The Balaban J connectivity index is 1.48. The lowest BCUT2D eigenvalue weighted by molar-refractivity contribution is -0.136. The first-order chi connectivity index (χ1) is 11.3. The second-order valence-electron chi connectivity index (χ2n) is 8.02. The SMILES string of the molecule is NC[C@H]1CCC[C@H]1C(=O)N1CCCN(CC2CCCCC2)CC1. The molecular formula is C19H35N3O. The minimum atomic E-state index is 0.213. The van der Waals surface area contributed by atoms with Crippen molar-refractivity contribution >= 4 is 5.91 Å². The molecule has 0 bridgehead atoms. The van der Waals surface area contributed by atoms with E-state index in [1.807, 2.05) is 0 Å². The Hall–Kier alpha value is -0.610. The molecule has 132 valence electrons. The highest BCUT2D eigenvalue weighted by Crippen LogP contribution is 2.32. The summed E-state index contributed by atoms with van der Waals surface area (Å²) in [7, 11) is 0. The van der Waals surface area contributed by atoms with Crippen molar-refractivity contribution in [3.63, 3.8) is 0 Å². The van der Waals surface area contributed by atoms with Gasteiger partial charge in [-0.25, -0.2) is 0 Å². The van der Waals surface area contributed by atoms with Crippen LogP contribution in [0.25, 0.3) is 0 Å². The number of rotatable bonds is 4. The van der Waals surface area contributed by atoms with E-state index < -0.39 is 0 Å². The maximum atomic E-state index is 12.9. The average molecular weight is 322 g/mol. The molecule has 3 rings (SSSR count). The summed E-state index contributed by atoms with van der Waals surface area (Å²) < 4.78 is 0. The molecule has 1 heterocycles. The van der Waals surface area contributed by atoms with E-state index in [4.69, 9.17) is 5.73 Å². The van der Waals surface area contributed by atoms with Gasteiger partial charge < -0.3 is 15.5 Å². The van der Waals surface area contributed by atoms with Crippen molar-refractivity contribution in [2.24, 2.45) is 23.5 Å². The lowest BCUT2D eigenvalue weighted by atomic mass is 9.89. The summed E-state index contributed by atoms with van der Waals surface area (Å²) in [5, 5.41) is 0. The standard InChI is InChI=1S/C19H35N3O/c20-14-17-8-4-9-18(17)19(23)22-11-5-10-21(12-13-22)15-16-6-2-1-3-7-16/h16-18H,1-15,20H2/t17-,18-/m1/s1. The third kappa shape index (κ3) is 4.48. The number of nitrogens with zero attached hydrogens (tertiary/aromatic N) is 2. The first kappa shape index (κ1) is 17.2. The molecule has 0 aromatic heterocycles. The van der Waals surface area contributed by atoms with Gasteiger partial charge in [-0.1, -0.05) is 25.7 Å². The average Bonchev–Trinajstić information content (AvgIpc) is 2.95. The van der Waals surface area contributed by atoms with Crippen LogP contribution in [-0.2, 0) is 4.79 Å². The van der Waals surface area contributed by atoms with Crippen molar-refractivity contribution in [3.05, 3.63) is 0 Å². The summed E-state index contributed by atoms with van der Waals surface area (Å²) in [6, 6.07) is 0. The lowest BCUT2D eigenvalue weighted by Gasteiger charge is -2.29. The summed E-state index contributed by atoms with van der Waals surface area (Å²) in [6.45, 7) is 6.07. The van der Waals surface area contributed by atoms with Crippen LogP contribution < -0.4 is 5.73 Å². The Labute approximate surface area is 141 Å². The molecule has 0 unspecified atom stereocenters. The monoisotopic (exact) mass is 321 g/mol. The van der Waals surface area contributed by atoms with E-state index in [0.29, 0.717) is 18.4 Å². The van der Waals surface area contributed by atoms with Crippen LogP contribution in [0.3, 0.4) is 0 Å². The highest BCUT2D eigenvalue weighted by Gasteiger charge is 2.35. The van der Waals surface area contributed by atoms with E-state index in [2.05, 4.69) is 9.80 Å². The number of hydrogen-bond acceptors (Lipinski definition) is 3. The predicted octanol–water partition coefficient (Wildman–Crippen LogP) is 2.48. The van der Waals surface area contributed by atoms with Crippen molar-refractivity contribution in [2.75, 3.05) is 39.3 Å². The molecule has 2 aliphatic carbocycles. The van der Waals surface area contributed by atoms with Gasteiger partial charge in [0.05, 0.1) is 0 Å². The fourth-order valence-electron chi connectivity index (χ4n) is 4.99. The van der Waals surface area contributed by atoms with Gasteiger partial charge in [-0.15, -0.1) is 0 Å².